The molecule has 3 heterocycles. The van der Waals surface area contributed by atoms with Gasteiger partial charge in [-0.25, -0.2) is 0 Å². The van der Waals surface area contributed by atoms with Gasteiger partial charge in [0.1, 0.15) is 73.2 Å². The van der Waals surface area contributed by atoms with Crippen LogP contribution in [0.25, 0.3) is 0 Å². The molecule has 0 saturated carbocycles. The molecule has 1 amide bonds. The molecule has 0 aliphatic carbocycles. The van der Waals surface area contributed by atoms with E-state index >= 15 is 0 Å². The predicted molar refractivity (Wildman–Crippen MR) is 433 cm³/mol. The Hall–Kier alpha value is -4.33. The number of carbonyl (C=O) groups excluding carboxylic acids is 1. The summed E-state index contributed by atoms with van der Waals surface area (Å²) in [5.74, 6) is -0.298. The van der Waals surface area contributed by atoms with E-state index in [1.54, 1.807) is 6.08 Å². The molecule has 0 aromatic carbocycles. The van der Waals surface area contributed by atoms with Gasteiger partial charge >= 0.3 is 0 Å². The van der Waals surface area contributed by atoms with E-state index in [2.05, 4.69) is 153 Å². The second-order valence-corrected chi connectivity index (χ2v) is 29.2. The standard InChI is InChI=1S/C89H149NO18/c1-3-5-7-9-11-13-15-17-19-21-23-25-27-29-30-31-32-33-34-35-36-37-38-39-40-41-42-43-45-47-49-51-53-55-57-59-61-63-65-67-77(95)90-72(73(94)66-64-62-60-58-56-54-52-50-48-46-44-28-26-24-22-20-18-16-14-12-10-8-6-4-2)71-103-87-83(101)80(98)85(75(69-92)105-87)108-89-84(102)81(99)86(76(70-93)106-89)107-88-82(100)79(97)78(96)74(68-91)104-88/h5,7,11,13,17,19,23,25,29-30,32-33,35-36,38-39,41-42,45,47,51,53,64,66,72-76,78-89,91-94,96-102H,3-4,6,8-10,12,14-16,18,20-22,24,26-28,31,34,37,40,43-44,46,48-50,52,54-63,65,67-71H2,1-2H3,(H,90,95)/b7-5-,13-11-,19-17-,25-23-,30-29-,33-32-,36-35-,39-38-,42-41-,47-45-,53-51-,66-64+. The fraction of sp³-hybridized carbons (Fsp3) is 0.719. The SMILES string of the molecule is CC/C=C\C/C=C\C/C=C\C/C=C\C/C=C\C/C=C\C/C=C\C/C=C\C/C=C\C/C=C\C/C=C\CCCCCCCC(=O)NC(COC1OC(CO)C(OC2OC(CO)C(OC3OC(CO)C(O)C(O)C3O)C(O)C2O)C(O)C1O)C(O)/C=C/CCCCCCCCCCCCCCCCCCCCCCCC. The summed E-state index contributed by atoms with van der Waals surface area (Å²) in [4.78, 5) is 13.5. The Morgan fingerprint density at radius 3 is 1.00 bits per heavy atom. The van der Waals surface area contributed by atoms with Crippen molar-refractivity contribution in [3.63, 3.8) is 0 Å². The van der Waals surface area contributed by atoms with E-state index in [1.807, 2.05) is 6.08 Å². The normalized spacial score (nSPS) is 26.2. The predicted octanol–water partition coefficient (Wildman–Crippen LogP) is 15.0. The van der Waals surface area contributed by atoms with Gasteiger partial charge in [-0.2, -0.15) is 0 Å². The molecule has 3 saturated heterocycles. The zero-order valence-corrected chi connectivity index (χ0v) is 66.3. The highest BCUT2D eigenvalue weighted by atomic mass is 16.8. The summed E-state index contributed by atoms with van der Waals surface area (Å²) in [5, 5.41) is 121. The smallest absolute Gasteiger partial charge is 0.220 e. The van der Waals surface area contributed by atoms with Crippen LogP contribution in [-0.4, -0.2) is 193 Å². The molecule has 3 aliphatic heterocycles. The van der Waals surface area contributed by atoms with Crippen LogP contribution in [0.5, 0.6) is 0 Å². The molecule has 3 aliphatic rings. The van der Waals surface area contributed by atoms with Crippen LogP contribution in [-0.2, 0) is 33.2 Å². The van der Waals surface area contributed by atoms with Crippen molar-refractivity contribution in [3.05, 3.63) is 146 Å². The lowest BCUT2D eigenvalue weighted by Crippen LogP contribution is -2.66. The van der Waals surface area contributed by atoms with Gasteiger partial charge in [0.2, 0.25) is 5.91 Å². The molecular formula is C89H149NO18. The van der Waals surface area contributed by atoms with Crippen LogP contribution in [0.1, 0.15) is 277 Å². The number of nitrogens with one attached hydrogen (secondary N) is 1. The van der Waals surface area contributed by atoms with Crippen molar-refractivity contribution in [2.75, 3.05) is 26.4 Å². The maximum absolute atomic E-state index is 13.5. The van der Waals surface area contributed by atoms with Crippen molar-refractivity contribution >= 4 is 5.91 Å². The molecule has 0 spiro atoms. The molecule has 17 atom stereocenters. The summed E-state index contributed by atoms with van der Waals surface area (Å²) in [6.07, 6.45) is 71.1. The number of hydrogen-bond donors (Lipinski definition) is 12. The van der Waals surface area contributed by atoms with E-state index in [9.17, 15) is 61.0 Å². The third-order valence-corrected chi connectivity index (χ3v) is 19.9. The Bertz CT molecular complexity index is 2520. The third-order valence-electron chi connectivity index (χ3n) is 19.9. The van der Waals surface area contributed by atoms with E-state index < -0.39 is 124 Å². The van der Waals surface area contributed by atoms with Gasteiger partial charge in [0.05, 0.1) is 38.6 Å². The first-order chi connectivity index (χ1) is 52.8. The highest BCUT2D eigenvalue weighted by Crippen LogP contribution is 2.33. The Labute approximate surface area is 651 Å². The second-order valence-electron chi connectivity index (χ2n) is 29.2. The van der Waals surface area contributed by atoms with Gasteiger partial charge in [-0.3, -0.25) is 4.79 Å². The maximum atomic E-state index is 13.5. The fourth-order valence-electron chi connectivity index (χ4n) is 13.2. The first-order valence-electron chi connectivity index (χ1n) is 42.1. The molecule has 618 valence electrons. The minimum absolute atomic E-state index is 0.212. The number of aliphatic hydroxyl groups excluding tert-OH is 11. The van der Waals surface area contributed by atoms with E-state index in [0.717, 1.165) is 128 Å². The Morgan fingerprint density at radius 2 is 0.639 bits per heavy atom. The molecule has 108 heavy (non-hydrogen) atoms. The molecular weight excluding hydrogens is 1370 g/mol. The van der Waals surface area contributed by atoms with Gasteiger partial charge < -0.3 is 89.9 Å². The van der Waals surface area contributed by atoms with Crippen LogP contribution in [0.3, 0.4) is 0 Å². The number of unbranched alkanes of at least 4 members (excludes halogenated alkanes) is 27. The first-order valence-corrected chi connectivity index (χ1v) is 42.1. The maximum Gasteiger partial charge on any atom is 0.220 e. The summed E-state index contributed by atoms with van der Waals surface area (Å²) >= 11 is 0. The van der Waals surface area contributed by atoms with Gasteiger partial charge in [0, 0.05) is 6.42 Å². The summed E-state index contributed by atoms with van der Waals surface area (Å²) in [6.45, 7) is 1.62. The first kappa shape index (κ1) is 97.9. The van der Waals surface area contributed by atoms with Crippen molar-refractivity contribution < 1.29 is 89.4 Å². The van der Waals surface area contributed by atoms with Gasteiger partial charge in [-0.15, -0.1) is 0 Å². The molecule has 12 N–H and O–H groups in total. The van der Waals surface area contributed by atoms with Gasteiger partial charge in [0.15, 0.2) is 18.9 Å². The van der Waals surface area contributed by atoms with Crippen molar-refractivity contribution in [1.82, 2.24) is 5.32 Å². The van der Waals surface area contributed by atoms with Crippen molar-refractivity contribution in [2.24, 2.45) is 0 Å². The zero-order valence-electron chi connectivity index (χ0n) is 66.3. The molecule has 0 aromatic rings. The van der Waals surface area contributed by atoms with Crippen molar-refractivity contribution in [3.8, 4) is 0 Å². The molecule has 0 aromatic heterocycles. The summed E-state index contributed by atoms with van der Waals surface area (Å²) in [7, 11) is 0. The third kappa shape index (κ3) is 46.0. The Kier molecular flexibility index (Phi) is 60.9. The number of aliphatic hydroxyl groups is 11. The lowest BCUT2D eigenvalue weighted by molar-refractivity contribution is -0.379. The van der Waals surface area contributed by atoms with Crippen LogP contribution in [0, 0.1) is 0 Å². The van der Waals surface area contributed by atoms with Gasteiger partial charge in [0.25, 0.3) is 0 Å². The molecule has 19 heteroatoms. The molecule has 0 bridgehead atoms. The lowest BCUT2D eigenvalue weighted by Gasteiger charge is -2.48. The number of carbonyl (C=O) groups is 1. The monoisotopic (exact) mass is 1520 g/mol. The van der Waals surface area contributed by atoms with Gasteiger partial charge in [-0.1, -0.05) is 314 Å². The van der Waals surface area contributed by atoms with E-state index in [1.165, 1.54) is 122 Å². The number of amides is 1. The van der Waals surface area contributed by atoms with E-state index in [0.29, 0.717) is 6.42 Å². The zero-order chi connectivity index (χ0) is 78.1. The topological polar surface area (TPSA) is 307 Å². The molecule has 19 nitrogen and oxygen atoms in total. The Morgan fingerprint density at radius 1 is 0.343 bits per heavy atom. The minimum Gasteiger partial charge on any atom is -0.394 e. The second kappa shape index (κ2) is 67.2. The Balaban J connectivity index is 1.37. The van der Waals surface area contributed by atoms with Crippen LogP contribution < -0.4 is 5.32 Å². The lowest BCUT2D eigenvalue weighted by atomic mass is 9.96. The molecule has 3 rings (SSSR count). The summed E-state index contributed by atoms with van der Waals surface area (Å²) in [6, 6.07) is -0.996. The van der Waals surface area contributed by atoms with Crippen LogP contribution >= 0.6 is 0 Å². The number of allylic oxidation sites excluding steroid dienone is 23. The van der Waals surface area contributed by atoms with Crippen molar-refractivity contribution in [1.29, 1.82) is 0 Å². The fourth-order valence-corrected chi connectivity index (χ4v) is 13.2. The van der Waals surface area contributed by atoms with E-state index in [-0.39, 0.29) is 18.9 Å². The highest BCUT2D eigenvalue weighted by molar-refractivity contribution is 5.76. The number of hydrogen-bond acceptors (Lipinski definition) is 18. The number of ether oxygens (including phenoxy) is 6. The van der Waals surface area contributed by atoms with Crippen LogP contribution in [0.2, 0.25) is 0 Å². The summed E-state index contributed by atoms with van der Waals surface area (Å²) < 4.78 is 34.5. The van der Waals surface area contributed by atoms with Crippen LogP contribution in [0.15, 0.2) is 146 Å². The van der Waals surface area contributed by atoms with E-state index in [4.69, 9.17) is 28.4 Å². The summed E-state index contributed by atoms with van der Waals surface area (Å²) in [5.41, 5.74) is 0. The molecule has 0 radical (unpaired) electrons. The molecule has 17 unspecified atom stereocenters. The number of rotatable bonds is 65. The quantitative estimate of drug-likeness (QED) is 0.0199. The average molecular weight is 1520 g/mol. The van der Waals surface area contributed by atoms with Gasteiger partial charge in [-0.05, 0) is 103 Å². The molecule has 3 fully saturated rings. The van der Waals surface area contributed by atoms with Crippen LogP contribution in [0.4, 0.5) is 0 Å². The van der Waals surface area contributed by atoms with Crippen molar-refractivity contribution in [2.45, 2.75) is 381 Å². The average Bonchev–Trinajstić information content (AvgIpc) is 0.775. The minimum atomic E-state index is -1.99. The highest BCUT2D eigenvalue weighted by Gasteiger charge is 2.54. The largest absolute Gasteiger partial charge is 0.394 e.